The summed E-state index contributed by atoms with van der Waals surface area (Å²) in [6, 6.07) is 6.63. The van der Waals surface area contributed by atoms with Crippen LogP contribution in [0.3, 0.4) is 0 Å². The molecule has 0 atom stereocenters. The van der Waals surface area contributed by atoms with E-state index in [-0.39, 0.29) is 5.82 Å². The van der Waals surface area contributed by atoms with Crippen molar-refractivity contribution >= 4 is 0 Å². The first-order chi connectivity index (χ1) is 7.79. The molecule has 1 aromatic heterocycles. The minimum absolute atomic E-state index is 0.201. The van der Waals surface area contributed by atoms with Gasteiger partial charge in [0.2, 0.25) is 0 Å². The van der Waals surface area contributed by atoms with E-state index in [2.05, 4.69) is 10.3 Å². The van der Waals surface area contributed by atoms with Crippen molar-refractivity contribution in [1.82, 2.24) is 14.9 Å². The molecule has 0 bridgehead atoms. The van der Waals surface area contributed by atoms with Crippen LogP contribution in [0.5, 0.6) is 0 Å². The maximum atomic E-state index is 13.0. The van der Waals surface area contributed by atoms with Crippen LogP contribution >= 0.6 is 0 Å². The second kappa shape index (κ2) is 4.90. The van der Waals surface area contributed by atoms with E-state index in [9.17, 15) is 4.39 Å². The van der Waals surface area contributed by atoms with E-state index in [1.54, 1.807) is 18.5 Å². The van der Waals surface area contributed by atoms with Gasteiger partial charge in [-0.25, -0.2) is 9.37 Å². The molecule has 84 valence electrons. The minimum atomic E-state index is -0.201. The molecule has 0 saturated heterocycles. The molecule has 0 amide bonds. The molecule has 16 heavy (non-hydrogen) atoms. The molecule has 1 N–H and O–H groups in total. The van der Waals surface area contributed by atoms with Crippen LogP contribution in [0.1, 0.15) is 11.3 Å². The van der Waals surface area contributed by atoms with Crippen molar-refractivity contribution in [1.29, 1.82) is 0 Å². The molecule has 0 spiro atoms. The summed E-state index contributed by atoms with van der Waals surface area (Å²) in [5, 5.41) is 3.07. The molecule has 3 nitrogen and oxygen atoms in total. The molecule has 0 aliphatic heterocycles. The van der Waals surface area contributed by atoms with Crippen LogP contribution in [0, 0.1) is 5.82 Å². The zero-order chi connectivity index (χ0) is 11.4. The molecule has 2 aromatic rings. The van der Waals surface area contributed by atoms with Gasteiger partial charge in [0.25, 0.3) is 0 Å². The van der Waals surface area contributed by atoms with E-state index in [0.717, 1.165) is 17.8 Å². The highest BCUT2D eigenvalue weighted by Crippen LogP contribution is 2.08. The molecule has 0 fully saturated rings. The fourth-order valence-corrected chi connectivity index (χ4v) is 1.65. The van der Waals surface area contributed by atoms with Crippen LogP contribution in [0.25, 0.3) is 0 Å². The van der Waals surface area contributed by atoms with Gasteiger partial charge in [-0.3, -0.25) is 0 Å². The van der Waals surface area contributed by atoms with Crippen LogP contribution in [-0.2, 0) is 13.1 Å². The SMILES string of the molecule is CNCc1cncn1Cc1cccc(F)c1. The summed E-state index contributed by atoms with van der Waals surface area (Å²) in [7, 11) is 1.89. The van der Waals surface area contributed by atoms with E-state index in [4.69, 9.17) is 0 Å². The molecule has 0 radical (unpaired) electrons. The van der Waals surface area contributed by atoms with Crippen LogP contribution < -0.4 is 5.32 Å². The maximum absolute atomic E-state index is 13.0. The lowest BCUT2D eigenvalue weighted by Gasteiger charge is -2.07. The Balaban J connectivity index is 2.17. The Kier molecular flexibility index (Phi) is 3.31. The molecule has 0 saturated carbocycles. The van der Waals surface area contributed by atoms with Crippen molar-refractivity contribution in [2.24, 2.45) is 0 Å². The first-order valence-electron chi connectivity index (χ1n) is 5.17. The smallest absolute Gasteiger partial charge is 0.123 e. The summed E-state index contributed by atoms with van der Waals surface area (Å²) in [5.74, 6) is -0.201. The maximum Gasteiger partial charge on any atom is 0.123 e. The second-order valence-electron chi connectivity index (χ2n) is 3.67. The Morgan fingerprint density at radius 2 is 2.31 bits per heavy atom. The third-order valence-electron chi connectivity index (χ3n) is 2.40. The van der Waals surface area contributed by atoms with E-state index in [1.165, 1.54) is 6.07 Å². The van der Waals surface area contributed by atoms with Gasteiger partial charge in [-0.05, 0) is 24.7 Å². The average molecular weight is 219 g/mol. The number of rotatable bonds is 4. The normalized spacial score (nSPS) is 10.6. The summed E-state index contributed by atoms with van der Waals surface area (Å²) in [4.78, 5) is 4.09. The lowest BCUT2D eigenvalue weighted by Crippen LogP contribution is -2.11. The number of halogens is 1. The predicted octanol–water partition coefficient (Wildman–Crippen LogP) is 1.79. The first-order valence-corrected chi connectivity index (χ1v) is 5.17. The molecule has 0 unspecified atom stereocenters. The molecular weight excluding hydrogens is 205 g/mol. The Bertz CT molecular complexity index is 465. The molecule has 2 rings (SSSR count). The van der Waals surface area contributed by atoms with Crippen molar-refractivity contribution in [3.63, 3.8) is 0 Å². The molecule has 4 heteroatoms. The third-order valence-corrected chi connectivity index (χ3v) is 2.40. The highest BCUT2D eigenvalue weighted by Gasteiger charge is 2.02. The van der Waals surface area contributed by atoms with E-state index >= 15 is 0 Å². The Morgan fingerprint density at radius 1 is 1.44 bits per heavy atom. The van der Waals surface area contributed by atoms with Crippen LogP contribution in [0.15, 0.2) is 36.8 Å². The first kappa shape index (κ1) is 10.8. The number of aromatic nitrogens is 2. The molecule has 0 aliphatic carbocycles. The van der Waals surface area contributed by atoms with Gasteiger partial charge in [-0.15, -0.1) is 0 Å². The summed E-state index contributed by atoms with van der Waals surface area (Å²) in [6.07, 6.45) is 3.58. The minimum Gasteiger partial charge on any atom is -0.329 e. The van der Waals surface area contributed by atoms with Crippen molar-refractivity contribution in [3.8, 4) is 0 Å². The zero-order valence-electron chi connectivity index (χ0n) is 9.15. The number of imidazole rings is 1. The Hall–Kier alpha value is -1.68. The molecule has 0 aliphatic rings. The third kappa shape index (κ3) is 2.46. The largest absolute Gasteiger partial charge is 0.329 e. The number of hydrogen-bond donors (Lipinski definition) is 1. The highest BCUT2D eigenvalue weighted by molar-refractivity contribution is 5.17. The van der Waals surface area contributed by atoms with Crippen LogP contribution in [-0.4, -0.2) is 16.6 Å². The lowest BCUT2D eigenvalue weighted by molar-refractivity contribution is 0.621. The van der Waals surface area contributed by atoms with Gasteiger partial charge >= 0.3 is 0 Å². The quantitative estimate of drug-likeness (QED) is 0.849. The summed E-state index contributed by atoms with van der Waals surface area (Å²) in [5.41, 5.74) is 2.03. The van der Waals surface area contributed by atoms with Gasteiger partial charge in [-0.2, -0.15) is 0 Å². The summed E-state index contributed by atoms with van der Waals surface area (Å²) in [6.45, 7) is 1.41. The Morgan fingerprint density at radius 3 is 3.06 bits per heavy atom. The zero-order valence-corrected chi connectivity index (χ0v) is 9.15. The number of nitrogens with one attached hydrogen (secondary N) is 1. The predicted molar refractivity (Wildman–Crippen MR) is 60.5 cm³/mol. The van der Waals surface area contributed by atoms with E-state index in [0.29, 0.717) is 6.54 Å². The van der Waals surface area contributed by atoms with Gasteiger partial charge in [0.05, 0.1) is 12.0 Å². The van der Waals surface area contributed by atoms with Crippen molar-refractivity contribution in [2.75, 3.05) is 7.05 Å². The van der Waals surface area contributed by atoms with Gasteiger partial charge in [0.1, 0.15) is 5.82 Å². The van der Waals surface area contributed by atoms with Crippen LogP contribution in [0.2, 0.25) is 0 Å². The highest BCUT2D eigenvalue weighted by atomic mass is 19.1. The average Bonchev–Trinajstić information content (AvgIpc) is 2.66. The van der Waals surface area contributed by atoms with E-state index in [1.807, 2.05) is 23.9 Å². The van der Waals surface area contributed by atoms with Gasteiger partial charge in [-0.1, -0.05) is 12.1 Å². The summed E-state index contributed by atoms with van der Waals surface area (Å²) >= 11 is 0. The van der Waals surface area contributed by atoms with Crippen molar-refractivity contribution in [2.45, 2.75) is 13.1 Å². The number of hydrogen-bond acceptors (Lipinski definition) is 2. The van der Waals surface area contributed by atoms with Gasteiger partial charge in [0, 0.05) is 19.3 Å². The fourth-order valence-electron chi connectivity index (χ4n) is 1.65. The molecule has 1 heterocycles. The molecular formula is C12H14FN3. The Labute approximate surface area is 93.9 Å². The van der Waals surface area contributed by atoms with Crippen LogP contribution in [0.4, 0.5) is 4.39 Å². The standard InChI is InChI=1S/C12H14FN3/c1-14-6-12-7-15-9-16(12)8-10-3-2-4-11(13)5-10/h2-5,7,9,14H,6,8H2,1H3. The fraction of sp³-hybridized carbons (Fsp3) is 0.250. The van der Waals surface area contributed by atoms with E-state index < -0.39 is 0 Å². The van der Waals surface area contributed by atoms with Gasteiger partial charge in [0.15, 0.2) is 0 Å². The lowest BCUT2D eigenvalue weighted by atomic mass is 10.2. The number of nitrogens with zero attached hydrogens (tertiary/aromatic N) is 2. The monoisotopic (exact) mass is 219 g/mol. The number of benzene rings is 1. The summed E-state index contributed by atoms with van der Waals surface area (Å²) < 4.78 is 15.0. The second-order valence-corrected chi connectivity index (χ2v) is 3.67. The van der Waals surface area contributed by atoms with Crippen molar-refractivity contribution < 1.29 is 4.39 Å². The topological polar surface area (TPSA) is 29.9 Å². The van der Waals surface area contributed by atoms with Gasteiger partial charge < -0.3 is 9.88 Å². The molecule has 1 aromatic carbocycles. The van der Waals surface area contributed by atoms with Crippen molar-refractivity contribution in [3.05, 3.63) is 53.9 Å².